The molecule has 0 saturated carbocycles. The van der Waals surface area contributed by atoms with E-state index < -0.39 is 16.0 Å². The van der Waals surface area contributed by atoms with Crippen LogP contribution in [-0.2, 0) is 32.6 Å². The van der Waals surface area contributed by atoms with E-state index in [1.807, 2.05) is 42.7 Å². The summed E-state index contributed by atoms with van der Waals surface area (Å²) >= 11 is 0. The van der Waals surface area contributed by atoms with E-state index >= 15 is 0 Å². The largest absolute Gasteiger partial charge is 0.454 e. The van der Waals surface area contributed by atoms with Gasteiger partial charge in [0.1, 0.15) is 12.4 Å². The Morgan fingerprint density at radius 1 is 1.06 bits per heavy atom. The maximum atomic E-state index is 13.1. The molecule has 1 aliphatic heterocycles. The molecule has 0 atom stereocenters. The number of fused-ring (bicyclic) bond motifs is 2. The minimum Gasteiger partial charge on any atom is -0.454 e. The van der Waals surface area contributed by atoms with Crippen LogP contribution in [0.2, 0.25) is 0 Å². The number of rotatable bonds is 6. The normalized spacial score (nSPS) is 15.0. The van der Waals surface area contributed by atoms with Crippen LogP contribution >= 0.6 is 0 Å². The van der Waals surface area contributed by atoms with Gasteiger partial charge in [0.2, 0.25) is 10.0 Å². The van der Waals surface area contributed by atoms with Crippen molar-refractivity contribution in [3.05, 3.63) is 65.6 Å². The topological polar surface area (TPSA) is 104 Å². The summed E-state index contributed by atoms with van der Waals surface area (Å²) in [4.78, 5) is 22.3. The molecule has 3 heterocycles. The lowest BCUT2D eigenvalue weighted by Crippen LogP contribution is -2.40. The van der Waals surface area contributed by atoms with Crippen LogP contribution in [0.5, 0.6) is 0 Å². The molecule has 0 radical (unpaired) electrons. The molecular weight excluding hydrogens is 468 g/mol. The second-order valence-corrected chi connectivity index (χ2v) is 10.3. The predicted octanol–water partition coefficient (Wildman–Crippen LogP) is 3.29. The van der Waals surface area contributed by atoms with Crippen molar-refractivity contribution < 1.29 is 22.7 Å². The summed E-state index contributed by atoms with van der Waals surface area (Å²) in [5, 5.41) is 0.727. The van der Waals surface area contributed by atoms with Gasteiger partial charge in [-0.25, -0.2) is 18.2 Å². The zero-order valence-electron chi connectivity index (χ0n) is 19.6. The summed E-state index contributed by atoms with van der Waals surface area (Å²) in [7, 11) is -3.64. The number of aromatic nitrogens is 3. The molecule has 0 amide bonds. The van der Waals surface area contributed by atoms with Gasteiger partial charge < -0.3 is 14.0 Å². The third kappa shape index (κ3) is 4.40. The Kier molecular flexibility index (Phi) is 6.26. The van der Waals surface area contributed by atoms with Crippen molar-refractivity contribution in [2.45, 2.75) is 31.9 Å². The first-order valence-electron chi connectivity index (χ1n) is 11.5. The first-order chi connectivity index (χ1) is 16.9. The number of carbonyl (C=O) groups is 1. The zero-order chi connectivity index (χ0) is 24.6. The number of morpholine rings is 1. The fourth-order valence-corrected chi connectivity index (χ4v) is 5.83. The summed E-state index contributed by atoms with van der Waals surface area (Å²) in [6, 6.07) is 14.1. The highest BCUT2D eigenvalue weighted by Crippen LogP contribution is 2.25. The molecule has 1 fully saturated rings. The Balaban J connectivity index is 1.42. The van der Waals surface area contributed by atoms with Crippen LogP contribution in [0.4, 0.5) is 0 Å². The Labute approximate surface area is 203 Å². The number of para-hydroxylation sites is 1. The molecule has 2 aromatic carbocycles. The molecule has 0 spiro atoms. The van der Waals surface area contributed by atoms with Gasteiger partial charge in [-0.3, -0.25) is 4.98 Å². The average Bonchev–Trinajstić information content (AvgIpc) is 3.24. The Morgan fingerprint density at radius 3 is 2.60 bits per heavy atom. The van der Waals surface area contributed by atoms with Crippen LogP contribution in [0.15, 0.2) is 53.4 Å². The molecule has 35 heavy (non-hydrogen) atoms. The van der Waals surface area contributed by atoms with Gasteiger partial charge in [-0.1, -0.05) is 18.2 Å². The fraction of sp³-hybridized carbons (Fsp3) is 0.320. The van der Waals surface area contributed by atoms with Gasteiger partial charge in [0, 0.05) is 30.7 Å². The molecule has 1 aliphatic rings. The van der Waals surface area contributed by atoms with E-state index in [0.29, 0.717) is 49.8 Å². The van der Waals surface area contributed by atoms with Crippen LogP contribution < -0.4 is 0 Å². The molecule has 9 nitrogen and oxygen atoms in total. The molecule has 2 aromatic heterocycles. The summed E-state index contributed by atoms with van der Waals surface area (Å²) in [6.07, 6.45) is 0. The van der Waals surface area contributed by atoms with E-state index in [2.05, 4.69) is 9.97 Å². The van der Waals surface area contributed by atoms with Crippen molar-refractivity contribution in [2.24, 2.45) is 0 Å². The van der Waals surface area contributed by atoms with Crippen LogP contribution in [0.3, 0.4) is 0 Å². The molecule has 0 N–H and O–H groups in total. The van der Waals surface area contributed by atoms with Gasteiger partial charge in [0.05, 0.1) is 40.2 Å². The molecule has 10 heteroatoms. The number of aryl methyl sites for hydroxylation is 2. The number of ether oxygens (including phenoxy) is 2. The Bertz CT molecular complexity index is 1520. The second-order valence-electron chi connectivity index (χ2n) is 8.34. The highest BCUT2D eigenvalue weighted by Gasteiger charge is 2.27. The third-order valence-electron chi connectivity index (χ3n) is 6.12. The number of carbonyl (C=O) groups excluding carboxylic acids is 1. The van der Waals surface area contributed by atoms with E-state index in [0.717, 1.165) is 22.1 Å². The Hall–Kier alpha value is -3.34. The van der Waals surface area contributed by atoms with E-state index in [9.17, 15) is 13.2 Å². The van der Waals surface area contributed by atoms with Crippen LogP contribution in [0.25, 0.3) is 21.9 Å². The minimum atomic E-state index is -3.64. The highest BCUT2D eigenvalue weighted by molar-refractivity contribution is 7.89. The van der Waals surface area contributed by atoms with Crippen molar-refractivity contribution in [2.75, 3.05) is 26.3 Å². The first kappa shape index (κ1) is 23.4. The van der Waals surface area contributed by atoms with Crippen molar-refractivity contribution in [3.8, 4) is 0 Å². The lowest BCUT2D eigenvalue weighted by Gasteiger charge is -2.26. The number of hydrogen-bond donors (Lipinski definition) is 0. The number of sulfonamides is 1. The molecule has 1 saturated heterocycles. The first-order valence-corrected chi connectivity index (χ1v) is 12.9. The monoisotopic (exact) mass is 494 g/mol. The summed E-state index contributed by atoms with van der Waals surface area (Å²) in [6.45, 7) is 5.77. The molecule has 0 bridgehead atoms. The van der Waals surface area contributed by atoms with Gasteiger partial charge in [-0.15, -0.1) is 0 Å². The SMILES string of the molecule is CCn1c(COC(=O)c2cc(C)nc3ccccc23)nc2cc(S(=O)(=O)N3CCOCC3)ccc21. The molecular formula is C25H26N4O5S. The van der Waals surface area contributed by atoms with Gasteiger partial charge >= 0.3 is 5.97 Å². The zero-order valence-corrected chi connectivity index (χ0v) is 20.4. The lowest BCUT2D eigenvalue weighted by atomic mass is 10.1. The van der Waals surface area contributed by atoms with Crippen molar-refractivity contribution in [1.29, 1.82) is 0 Å². The molecule has 5 rings (SSSR count). The average molecular weight is 495 g/mol. The Morgan fingerprint density at radius 2 is 1.83 bits per heavy atom. The van der Waals surface area contributed by atoms with Crippen LogP contribution in [0.1, 0.15) is 28.8 Å². The van der Waals surface area contributed by atoms with Crippen LogP contribution in [0, 0.1) is 6.92 Å². The van der Waals surface area contributed by atoms with Gasteiger partial charge in [0.25, 0.3) is 0 Å². The molecule has 0 unspecified atom stereocenters. The smallest absolute Gasteiger partial charge is 0.339 e. The molecule has 182 valence electrons. The number of hydrogen-bond acceptors (Lipinski definition) is 7. The predicted molar refractivity (Wildman–Crippen MR) is 131 cm³/mol. The van der Waals surface area contributed by atoms with Crippen molar-refractivity contribution in [3.63, 3.8) is 0 Å². The molecule has 4 aromatic rings. The third-order valence-corrected chi connectivity index (χ3v) is 8.01. The summed E-state index contributed by atoms with van der Waals surface area (Å²) < 4.78 is 40.4. The quantitative estimate of drug-likeness (QED) is 0.379. The van der Waals surface area contributed by atoms with E-state index in [1.54, 1.807) is 24.3 Å². The standard InChI is InChI=1S/C25H26N4O5S/c1-3-29-23-9-8-18(35(31,32)28-10-12-33-13-11-28)15-22(23)27-24(29)16-34-25(30)20-14-17(2)26-21-7-5-4-6-19(20)21/h4-9,14-15H,3,10-13,16H2,1-2H3. The van der Waals surface area contributed by atoms with E-state index in [-0.39, 0.29) is 11.5 Å². The van der Waals surface area contributed by atoms with Gasteiger partial charge in [-0.2, -0.15) is 4.31 Å². The number of benzene rings is 2. The highest BCUT2D eigenvalue weighted by atomic mass is 32.2. The molecule has 0 aliphatic carbocycles. The van der Waals surface area contributed by atoms with E-state index in [4.69, 9.17) is 9.47 Å². The second kappa shape index (κ2) is 9.37. The lowest BCUT2D eigenvalue weighted by molar-refractivity contribution is 0.0461. The summed E-state index contributed by atoms with van der Waals surface area (Å²) in [5.41, 5.74) is 3.23. The van der Waals surface area contributed by atoms with Gasteiger partial charge in [0.15, 0.2) is 0 Å². The van der Waals surface area contributed by atoms with E-state index in [1.165, 1.54) is 4.31 Å². The maximum absolute atomic E-state index is 13.1. The maximum Gasteiger partial charge on any atom is 0.339 e. The van der Waals surface area contributed by atoms with Gasteiger partial charge in [-0.05, 0) is 44.2 Å². The van der Waals surface area contributed by atoms with Crippen molar-refractivity contribution >= 4 is 37.9 Å². The fourth-order valence-electron chi connectivity index (χ4n) is 4.40. The number of nitrogens with zero attached hydrogens (tertiary/aromatic N) is 4. The summed E-state index contributed by atoms with van der Waals surface area (Å²) in [5.74, 6) is 0.0869. The minimum absolute atomic E-state index is 0.0391. The number of esters is 1. The van der Waals surface area contributed by atoms with Crippen molar-refractivity contribution in [1.82, 2.24) is 18.8 Å². The van der Waals surface area contributed by atoms with Crippen LogP contribution in [-0.4, -0.2) is 59.5 Å². The number of imidazole rings is 1. The number of pyridine rings is 1.